The third-order valence-electron chi connectivity index (χ3n) is 3.51. The number of benzene rings is 1. The number of fused-ring (bicyclic) bond motifs is 1. The molecule has 0 saturated carbocycles. The Balaban J connectivity index is 1.55. The number of carbonyl (C=O) groups excluding carboxylic acids is 1. The van der Waals surface area contributed by atoms with E-state index in [0.717, 1.165) is 16.9 Å². The molecular weight excluding hydrogens is 312 g/mol. The SMILES string of the molecule is CC(SCC(=O)N(C)Cc1ccco1)c1nc2ccccc2o1. The minimum Gasteiger partial charge on any atom is -0.467 e. The lowest BCUT2D eigenvalue weighted by molar-refractivity contribution is -0.127. The number of furan rings is 1. The summed E-state index contributed by atoms with van der Waals surface area (Å²) in [6.07, 6.45) is 1.61. The first-order valence-corrected chi connectivity index (χ1v) is 8.42. The molecule has 1 aromatic carbocycles. The first-order valence-electron chi connectivity index (χ1n) is 7.37. The topological polar surface area (TPSA) is 59.5 Å². The van der Waals surface area contributed by atoms with Crippen molar-refractivity contribution in [3.05, 3.63) is 54.3 Å². The molecule has 0 spiro atoms. The summed E-state index contributed by atoms with van der Waals surface area (Å²) < 4.78 is 11.0. The maximum absolute atomic E-state index is 12.2. The summed E-state index contributed by atoms with van der Waals surface area (Å²) in [4.78, 5) is 18.3. The number of para-hydroxylation sites is 2. The van der Waals surface area contributed by atoms with E-state index in [1.54, 1.807) is 18.2 Å². The second kappa shape index (κ2) is 6.91. The molecular formula is C17H18N2O3S. The summed E-state index contributed by atoms with van der Waals surface area (Å²) >= 11 is 1.52. The molecule has 0 aliphatic carbocycles. The molecule has 3 rings (SSSR count). The van der Waals surface area contributed by atoms with Crippen LogP contribution in [0.2, 0.25) is 0 Å². The first-order chi connectivity index (χ1) is 11.1. The average Bonchev–Trinajstić information content (AvgIpc) is 3.20. The first kappa shape index (κ1) is 15.7. The molecule has 0 aliphatic heterocycles. The van der Waals surface area contributed by atoms with Crippen LogP contribution in [0.4, 0.5) is 0 Å². The molecule has 0 aliphatic rings. The lowest BCUT2D eigenvalue weighted by Crippen LogP contribution is -2.27. The molecule has 0 radical (unpaired) electrons. The Bertz CT molecular complexity index is 749. The summed E-state index contributed by atoms with van der Waals surface area (Å²) in [7, 11) is 1.77. The Labute approximate surface area is 138 Å². The van der Waals surface area contributed by atoms with Crippen LogP contribution < -0.4 is 0 Å². The van der Waals surface area contributed by atoms with Crippen LogP contribution in [-0.2, 0) is 11.3 Å². The zero-order valence-electron chi connectivity index (χ0n) is 13.1. The standard InChI is InChI=1S/C17H18N2O3S/c1-12(17-18-14-7-3-4-8-15(14)22-17)23-11-16(20)19(2)10-13-6-5-9-21-13/h3-9,12H,10-11H2,1-2H3. The Hall–Kier alpha value is -2.21. The van der Waals surface area contributed by atoms with Crippen molar-refractivity contribution in [3.8, 4) is 0 Å². The predicted molar refractivity (Wildman–Crippen MR) is 90.1 cm³/mol. The van der Waals surface area contributed by atoms with Gasteiger partial charge in [0, 0.05) is 7.05 Å². The fraction of sp³-hybridized carbons (Fsp3) is 0.294. The molecule has 6 heteroatoms. The molecule has 1 unspecified atom stereocenters. The Kier molecular flexibility index (Phi) is 4.71. The van der Waals surface area contributed by atoms with Gasteiger partial charge in [0.15, 0.2) is 5.58 Å². The smallest absolute Gasteiger partial charge is 0.232 e. The third-order valence-corrected chi connectivity index (χ3v) is 4.63. The number of nitrogens with zero attached hydrogens (tertiary/aromatic N) is 2. The van der Waals surface area contributed by atoms with Crippen LogP contribution in [0.3, 0.4) is 0 Å². The van der Waals surface area contributed by atoms with Gasteiger partial charge < -0.3 is 13.7 Å². The average molecular weight is 330 g/mol. The van der Waals surface area contributed by atoms with Crippen molar-refractivity contribution in [1.82, 2.24) is 9.88 Å². The number of rotatable bonds is 6. The van der Waals surface area contributed by atoms with Gasteiger partial charge in [-0.1, -0.05) is 12.1 Å². The summed E-state index contributed by atoms with van der Waals surface area (Å²) in [6, 6.07) is 11.3. The van der Waals surface area contributed by atoms with Crippen molar-refractivity contribution in [3.63, 3.8) is 0 Å². The maximum Gasteiger partial charge on any atom is 0.232 e. The van der Waals surface area contributed by atoms with Crippen LogP contribution >= 0.6 is 11.8 Å². The van der Waals surface area contributed by atoms with E-state index in [2.05, 4.69) is 4.98 Å². The molecule has 1 atom stereocenters. The van der Waals surface area contributed by atoms with Crippen molar-refractivity contribution >= 4 is 28.8 Å². The molecule has 23 heavy (non-hydrogen) atoms. The lowest BCUT2D eigenvalue weighted by atomic mass is 10.3. The van der Waals surface area contributed by atoms with Crippen LogP contribution in [-0.4, -0.2) is 28.6 Å². The van der Waals surface area contributed by atoms with Crippen molar-refractivity contribution in [2.24, 2.45) is 0 Å². The monoisotopic (exact) mass is 330 g/mol. The number of oxazole rings is 1. The van der Waals surface area contributed by atoms with Gasteiger partial charge in [0.2, 0.25) is 11.8 Å². The van der Waals surface area contributed by atoms with Crippen molar-refractivity contribution in [1.29, 1.82) is 0 Å². The highest BCUT2D eigenvalue weighted by molar-refractivity contribution is 8.00. The Morgan fingerprint density at radius 1 is 1.30 bits per heavy atom. The van der Waals surface area contributed by atoms with E-state index in [9.17, 15) is 4.79 Å². The Morgan fingerprint density at radius 2 is 2.13 bits per heavy atom. The minimum absolute atomic E-state index is 0.0170. The zero-order valence-corrected chi connectivity index (χ0v) is 13.9. The number of aromatic nitrogens is 1. The fourth-order valence-corrected chi connectivity index (χ4v) is 3.02. The maximum atomic E-state index is 12.2. The van der Waals surface area contributed by atoms with Gasteiger partial charge in [-0.15, -0.1) is 11.8 Å². The van der Waals surface area contributed by atoms with E-state index >= 15 is 0 Å². The summed E-state index contributed by atoms with van der Waals surface area (Å²) in [5.41, 5.74) is 1.62. The van der Waals surface area contributed by atoms with Crippen LogP contribution in [0.15, 0.2) is 51.5 Å². The molecule has 3 aromatic rings. The van der Waals surface area contributed by atoms with Gasteiger partial charge >= 0.3 is 0 Å². The molecule has 1 amide bonds. The summed E-state index contributed by atoms with van der Waals surface area (Å²) in [5, 5.41) is 0.0170. The van der Waals surface area contributed by atoms with Crippen molar-refractivity contribution in [2.45, 2.75) is 18.7 Å². The van der Waals surface area contributed by atoms with Gasteiger partial charge in [0.1, 0.15) is 11.3 Å². The zero-order chi connectivity index (χ0) is 16.2. The van der Waals surface area contributed by atoms with Crippen molar-refractivity contribution < 1.29 is 13.6 Å². The predicted octanol–water partition coefficient (Wildman–Crippen LogP) is 3.87. The molecule has 5 nitrogen and oxygen atoms in total. The number of hydrogen-bond acceptors (Lipinski definition) is 5. The molecule has 0 bridgehead atoms. The van der Waals surface area contributed by atoms with Crippen LogP contribution in [0.1, 0.15) is 23.8 Å². The van der Waals surface area contributed by atoms with E-state index in [1.165, 1.54) is 11.8 Å². The second-order valence-corrected chi connectivity index (χ2v) is 6.63. The normalized spacial score (nSPS) is 12.4. The molecule has 0 saturated heterocycles. The molecule has 0 N–H and O–H groups in total. The highest BCUT2D eigenvalue weighted by Gasteiger charge is 2.17. The highest BCUT2D eigenvalue weighted by Crippen LogP contribution is 2.30. The third kappa shape index (κ3) is 3.76. The van der Waals surface area contributed by atoms with E-state index in [4.69, 9.17) is 8.83 Å². The largest absolute Gasteiger partial charge is 0.467 e. The van der Waals surface area contributed by atoms with E-state index in [0.29, 0.717) is 18.2 Å². The molecule has 2 aromatic heterocycles. The van der Waals surface area contributed by atoms with Crippen LogP contribution in [0, 0.1) is 0 Å². The molecule has 0 fully saturated rings. The number of carbonyl (C=O) groups is 1. The number of amides is 1. The van der Waals surface area contributed by atoms with Gasteiger partial charge in [-0.2, -0.15) is 0 Å². The molecule has 120 valence electrons. The van der Waals surface area contributed by atoms with E-state index < -0.39 is 0 Å². The van der Waals surface area contributed by atoms with Gasteiger partial charge in [0.05, 0.1) is 23.8 Å². The van der Waals surface area contributed by atoms with Gasteiger partial charge in [-0.25, -0.2) is 4.98 Å². The summed E-state index contributed by atoms with van der Waals surface area (Å²) in [6.45, 7) is 2.47. The quantitative estimate of drug-likeness (QED) is 0.686. The van der Waals surface area contributed by atoms with Gasteiger partial charge in [-0.3, -0.25) is 4.79 Å². The van der Waals surface area contributed by atoms with E-state index in [-0.39, 0.29) is 11.2 Å². The van der Waals surface area contributed by atoms with Crippen LogP contribution in [0.25, 0.3) is 11.1 Å². The second-order valence-electron chi connectivity index (χ2n) is 5.30. The Morgan fingerprint density at radius 3 is 2.87 bits per heavy atom. The minimum atomic E-state index is 0.0170. The molecule has 2 heterocycles. The lowest BCUT2D eigenvalue weighted by Gasteiger charge is -2.16. The van der Waals surface area contributed by atoms with Gasteiger partial charge in [-0.05, 0) is 31.2 Å². The van der Waals surface area contributed by atoms with E-state index in [1.807, 2.05) is 43.3 Å². The van der Waals surface area contributed by atoms with Crippen LogP contribution in [0.5, 0.6) is 0 Å². The number of hydrogen-bond donors (Lipinski definition) is 0. The fourth-order valence-electron chi connectivity index (χ4n) is 2.17. The highest BCUT2D eigenvalue weighted by atomic mass is 32.2. The number of thioether (sulfide) groups is 1. The van der Waals surface area contributed by atoms with Crippen molar-refractivity contribution in [2.75, 3.05) is 12.8 Å². The van der Waals surface area contributed by atoms with Gasteiger partial charge in [0.25, 0.3) is 0 Å². The summed E-state index contributed by atoms with van der Waals surface area (Å²) in [5.74, 6) is 1.85.